The van der Waals surface area contributed by atoms with E-state index in [2.05, 4.69) is 10.3 Å². The molecule has 104 valence electrons. The Balaban J connectivity index is 1.79. The van der Waals surface area contributed by atoms with Gasteiger partial charge in [0.25, 0.3) is 0 Å². The molecule has 2 fully saturated rings. The highest BCUT2D eigenvalue weighted by Gasteiger charge is 2.41. The van der Waals surface area contributed by atoms with Crippen LogP contribution in [0.25, 0.3) is 0 Å². The summed E-state index contributed by atoms with van der Waals surface area (Å²) in [5.74, 6) is 0.154. The minimum atomic E-state index is -4.42. The van der Waals surface area contributed by atoms with Crippen molar-refractivity contribution in [3.63, 3.8) is 0 Å². The lowest BCUT2D eigenvalue weighted by molar-refractivity contribution is -0.137. The Morgan fingerprint density at radius 3 is 2.68 bits per heavy atom. The Bertz CT molecular complexity index is 494. The second-order valence-electron chi connectivity index (χ2n) is 4.92. The van der Waals surface area contributed by atoms with Crippen LogP contribution in [0.15, 0.2) is 12.1 Å². The first kappa shape index (κ1) is 13.0. The number of halogens is 4. The molecule has 2 bridgehead atoms. The van der Waals surface area contributed by atoms with Crippen LogP contribution in [0.1, 0.15) is 24.8 Å². The molecule has 3 unspecified atom stereocenters. The van der Waals surface area contributed by atoms with E-state index in [1.807, 2.05) is 0 Å². The molecule has 7 heteroatoms. The summed E-state index contributed by atoms with van der Waals surface area (Å²) < 4.78 is 43.7. The molecule has 3 nitrogen and oxygen atoms in total. The highest BCUT2D eigenvalue weighted by atomic mass is 35.5. The van der Waals surface area contributed by atoms with Gasteiger partial charge < -0.3 is 10.1 Å². The highest BCUT2D eigenvalue weighted by molar-refractivity contribution is 6.29. The van der Waals surface area contributed by atoms with E-state index in [1.165, 1.54) is 0 Å². The molecular formula is C12H12ClF3N2O. The molecule has 2 aliphatic rings. The molecule has 0 aromatic carbocycles. The number of nitrogens with zero attached hydrogens (tertiary/aromatic N) is 1. The van der Waals surface area contributed by atoms with Crippen LogP contribution in [0.2, 0.25) is 5.15 Å². The Labute approximate surface area is 113 Å². The Morgan fingerprint density at radius 1 is 1.32 bits per heavy atom. The summed E-state index contributed by atoms with van der Waals surface area (Å²) in [5, 5.41) is 2.84. The summed E-state index contributed by atoms with van der Waals surface area (Å²) in [6, 6.07) is 1.83. The number of alkyl halides is 3. The van der Waals surface area contributed by atoms with E-state index in [1.54, 1.807) is 0 Å². The first-order chi connectivity index (χ1) is 8.91. The van der Waals surface area contributed by atoms with Gasteiger partial charge in [0.2, 0.25) is 0 Å². The second kappa shape index (κ2) is 4.52. The van der Waals surface area contributed by atoms with Gasteiger partial charge in [-0.2, -0.15) is 13.2 Å². The minimum Gasteiger partial charge on any atom is -0.373 e. The zero-order valence-electron chi connectivity index (χ0n) is 9.88. The predicted molar refractivity (Wildman–Crippen MR) is 64.2 cm³/mol. The fraction of sp³-hybridized carbons (Fsp3) is 0.583. The predicted octanol–water partition coefficient (Wildman–Crippen LogP) is 3.49. The third kappa shape index (κ3) is 2.65. The Hall–Kier alpha value is -1.01. The van der Waals surface area contributed by atoms with Gasteiger partial charge >= 0.3 is 6.18 Å². The SMILES string of the molecule is FC(F)(F)c1cc(Cl)nc(NC2CC3CCC2O3)c1. The van der Waals surface area contributed by atoms with E-state index in [0.717, 1.165) is 31.4 Å². The third-order valence-corrected chi connectivity index (χ3v) is 3.75. The van der Waals surface area contributed by atoms with Gasteiger partial charge in [0.15, 0.2) is 0 Å². The summed E-state index contributed by atoms with van der Waals surface area (Å²) in [6.07, 6.45) is -1.35. The van der Waals surface area contributed by atoms with Crippen LogP contribution in [-0.4, -0.2) is 23.2 Å². The smallest absolute Gasteiger partial charge is 0.373 e. The molecule has 1 aromatic heterocycles. The van der Waals surface area contributed by atoms with Crippen molar-refractivity contribution in [3.05, 3.63) is 22.8 Å². The minimum absolute atomic E-state index is 0.0193. The molecule has 3 rings (SSSR count). The van der Waals surface area contributed by atoms with Crippen LogP contribution in [0.5, 0.6) is 0 Å². The molecular weight excluding hydrogens is 281 g/mol. The van der Waals surface area contributed by atoms with Gasteiger partial charge in [-0.05, 0) is 31.4 Å². The number of nitrogens with one attached hydrogen (secondary N) is 1. The zero-order valence-corrected chi connectivity index (χ0v) is 10.6. The Kier molecular flexibility index (Phi) is 3.09. The van der Waals surface area contributed by atoms with E-state index in [4.69, 9.17) is 16.3 Å². The van der Waals surface area contributed by atoms with Crippen molar-refractivity contribution < 1.29 is 17.9 Å². The average Bonchev–Trinajstić information content (AvgIpc) is 2.88. The van der Waals surface area contributed by atoms with Gasteiger partial charge in [-0.25, -0.2) is 4.98 Å². The van der Waals surface area contributed by atoms with Crippen LogP contribution in [0.3, 0.4) is 0 Å². The molecule has 0 radical (unpaired) electrons. The topological polar surface area (TPSA) is 34.2 Å². The lowest BCUT2D eigenvalue weighted by atomic mass is 9.95. The van der Waals surface area contributed by atoms with Gasteiger partial charge in [0.1, 0.15) is 11.0 Å². The largest absolute Gasteiger partial charge is 0.416 e. The number of fused-ring (bicyclic) bond motifs is 2. The molecule has 1 N–H and O–H groups in total. The molecule has 2 aliphatic heterocycles. The lowest BCUT2D eigenvalue weighted by Gasteiger charge is -2.21. The van der Waals surface area contributed by atoms with Crippen molar-refractivity contribution in [3.8, 4) is 0 Å². The van der Waals surface area contributed by atoms with Crippen molar-refractivity contribution in [2.24, 2.45) is 0 Å². The number of hydrogen-bond donors (Lipinski definition) is 1. The lowest BCUT2D eigenvalue weighted by Crippen LogP contribution is -2.31. The summed E-state index contributed by atoms with van der Waals surface area (Å²) in [7, 11) is 0. The van der Waals surface area contributed by atoms with Crippen molar-refractivity contribution >= 4 is 17.4 Å². The van der Waals surface area contributed by atoms with Crippen LogP contribution >= 0.6 is 11.6 Å². The van der Waals surface area contributed by atoms with Crippen LogP contribution < -0.4 is 5.32 Å². The molecule has 0 amide bonds. The first-order valence-electron chi connectivity index (χ1n) is 6.08. The van der Waals surface area contributed by atoms with E-state index >= 15 is 0 Å². The molecule has 3 atom stereocenters. The molecule has 0 saturated carbocycles. The number of anilines is 1. The van der Waals surface area contributed by atoms with Crippen molar-refractivity contribution in [2.75, 3.05) is 5.32 Å². The van der Waals surface area contributed by atoms with Gasteiger partial charge in [-0.15, -0.1) is 0 Å². The van der Waals surface area contributed by atoms with Crippen LogP contribution in [0.4, 0.5) is 19.0 Å². The summed E-state index contributed by atoms with van der Waals surface area (Å²) in [5.41, 5.74) is -0.793. The third-order valence-electron chi connectivity index (χ3n) is 3.56. The average molecular weight is 293 g/mol. The number of aromatic nitrogens is 1. The molecule has 0 aliphatic carbocycles. The maximum Gasteiger partial charge on any atom is 0.416 e. The summed E-state index contributed by atoms with van der Waals surface area (Å²) >= 11 is 5.64. The highest BCUT2D eigenvalue weighted by Crippen LogP contribution is 2.37. The zero-order chi connectivity index (χ0) is 13.6. The summed E-state index contributed by atoms with van der Waals surface area (Å²) in [6.45, 7) is 0. The normalized spacial score (nSPS) is 29.8. The molecule has 2 saturated heterocycles. The number of hydrogen-bond acceptors (Lipinski definition) is 3. The van der Waals surface area contributed by atoms with Gasteiger partial charge in [0, 0.05) is 0 Å². The standard InChI is InChI=1S/C12H12ClF3N2O/c13-10-3-6(12(14,15)16)4-11(18-10)17-8-5-7-1-2-9(8)19-7/h3-4,7-9H,1-2,5H2,(H,17,18). The maximum atomic E-state index is 12.7. The van der Waals surface area contributed by atoms with E-state index in [9.17, 15) is 13.2 Å². The van der Waals surface area contributed by atoms with Crippen LogP contribution in [0, 0.1) is 0 Å². The molecule has 3 heterocycles. The van der Waals surface area contributed by atoms with E-state index < -0.39 is 11.7 Å². The van der Waals surface area contributed by atoms with Gasteiger partial charge in [0.05, 0.1) is 23.8 Å². The van der Waals surface area contributed by atoms with Crippen LogP contribution in [-0.2, 0) is 10.9 Å². The number of rotatable bonds is 2. The quantitative estimate of drug-likeness (QED) is 0.847. The fourth-order valence-corrected chi connectivity index (χ4v) is 2.92. The van der Waals surface area contributed by atoms with Crippen molar-refractivity contribution in [1.82, 2.24) is 4.98 Å². The van der Waals surface area contributed by atoms with Crippen molar-refractivity contribution in [2.45, 2.75) is 43.7 Å². The molecule has 19 heavy (non-hydrogen) atoms. The van der Waals surface area contributed by atoms with Crippen molar-refractivity contribution in [1.29, 1.82) is 0 Å². The first-order valence-corrected chi connectivity index (χ1v) is 6.46. The monoisotopic (exact) mass is 292 g/mol. The summed E-state index contributed by atoms with van der Waals surface area (Å²) in [4.78, 5) is 3.89. The Morgan fingerprint density at radius 2 is 2.11 bits per heavy atom. The maximum absolute atomic E-state index is 12.7. The van der Waals surface area contributed by atoms with Gasteiger partial charge in [-0.1, -0.05) is 11.6 Å². The molecule has 1 aromatic rings. The van der Waals surface area contributed by atoms with E-state index in [0.29, 0.717) is 0 Å². The second-order valence-corrected chi connectivity index (χ2v) is 5.31. The number of pyridine rings is 1. The van der Waals surface area contributed by atoms with E-state index in [-0.39, 0.29) is 29.2 Å². The van der Waals surface area contributed by atoms with Gasteiger partial charge in [-0.3, -0.25) is 0 Å². The molecule has 0 spiro atoms. The number of ether oxygens (including phenoxy) is 1. The fourth-order valence-electron chi connectivity index (χ4n) is 2.71.